The maximum absolute atomic E-state index is 9.79. The number of carbonyl (C=O) groups is 1. The van der Waals surface area contributed by atoms with Crippen molar-refractivity contribution in [2.45, 2.75) is 6.92 Å². The topological polar surface area (TPSA) is 26.3 Å². The van der Waals surface area contributed by atoms with E-state index in [1.54, 1.807) is 6.92 Å². The van der Waals surface area contributed by atoms with Crippen molar-refractivity contribution in [1.82, 2.24) is 0 Å². The molecule has 0 saturated heterocycles. The highest BCUT2D eigenvalue weighted by molar-refractivity contribution is 6.61. The summed E-state index contributed by atoms with van der Waals surface area (Å²) < 4.78 is 4.14. The summed E-state index contributed by atoms with van der Waals surface area (Å²) >= 11 is 10.0. The van der Waals surface area contributed by atoms with Gasteiger partial charge in [-0.2, -0.15) is 0 Å². The third-order valence-corrected chi connectivity index (χ3v) is 0.492. The Morgan fingerprint density at radius 2 is 2.12 bits per heavy atom. The molecule has 0 N–H and O–H groups in total. The van der Waals surface area contributed by atoms with E-state index < -0.39 is 5.43 Å². The molecule has 0 amide bonds. The smallest absolute Gasteiger partial charge is 0.408 e. The van der Waals surface area contributed by atoms with Gasteiger partial charge >= 0.3 is 5.43 Å². The Morgan fingerprint density at radius 3 is 2.25 bits per heavy atom. The summed E-state index contributed by atoms with van der Waals surface area (Å²) in [7, 11) is 0. The highest BCUT2D eigenvalue weighted by atomic mass is 35.5. The van der Waals surface area contributed by atoms with Crippen molar-refractivity contribution in [2.24, 2.45) is 0 Å². The van der Waals surface area contributed by atoms with Crippen LogP contribution in [0.4, 0.5) is 4.79 Å². The van der Waals surface area contributed by atoms with Crippen LogP contribution >= 0.6 is 23.2 Å². The number of rotatable bonds is 1. The summed E-state index contributed by atoms with van der Waals surface area (Å²) in [6.07, 6.45) is 1.07. The van der Waals surface area contributed by atoms with Gasteiger partial charge in [-0.25, -0.2) is 4.79 Å². The van der Waals surface area contributed by atoms with Crippen molar-refractivity contribution in [3.05, 3.63) is 11.3 Å². The van der Waals surface area contributed by atoms with Crippen molar-refractivity contribution in [3.8, 4) is 0 Å². The fourth-order valence-electron chi connectivity index (χ4n) is 0.128. The predicted molar refractivity (Wildman–Crippen MR) is 31.9 cm³/mol. The Bertz CT molecular complexity index is 115. The summed E-state index contributed by atoms with van der Waals surface area (Å²) in [4.78, 5) is 9.79. The van der Waals surface area contributed by atoms with Gasteiger partial charge in [0.15, 0.2) is 0 Å². The maximum atomic E-state index is 9.79. The lowest BCUT2D eigenvalue weighted by Gasteiger charge is -1.86. The second kappa shape index (κ2) is 3.75. The van der Waals surface area contributed by atoms with Crippen molar-refractivity contribution in [3.63, 3.8) is 0 Å². The molecule has 0 aromatic carbocycles. The second-order valence-electron chi connectivity index (χ2n) is 1.06. The molecule has 46 valence electrons. The Morgan fingerprint density at radius 1 is 1.62 bits per heavy atom. The van der Waals surface area contributed by atoms with Gasteiger partial charge in [0.05, 0.1) is 5.03 Å². The van der Waals surface area contributed by atoms with Crippen molar-refractivity contribution in [1.29, 1.82) is 0 Å². The number of allylic oxidation sites excluding steroid dienone is 1. The van der Waals surface area contributed by atoms with E-state index in [-0.39, 0.29) is 0 Å². The standard InChI is InChI=1S/C4H4Cl2O2/c1-3(5)2-8-4(6)7/h2H,1H3. The third-order valence-electron chi connectivity index (χ3n) is 0.314. The van der Waals surface area contributed by atoms with Gasteiger partial charge in [0.2, 0.25) is 0 Å². The summed E-state index contributed by atoms with van der Waals surface area (Å²) in [6, 6.07) is 0. The van der Waals surface area contributed by atoms with E-state index in [2.05, 4.69) is 4.74 Å². The molecule has 2 nitrogen and oxygen atoms in total. The first-order chi connectivity index (χ1) is 3.63. The first kappa shape index (κ1) is 7.79. The van der Waals surface area contributed by atoms with E-state index in [0.29, 0.717) is 5.03 Å². The van der Waals surface area contributed by atoms with E-state index in [1.807, 2.05) is 0 Å². The predicted octanol–water partition coefficient (Wildman–Crippen LogP) is 2.46. The highest BCUT2D eigenvalue weighted by Crippen LogP contribution is 1.99. The van der Waals surface area contributed by atoms with Crippen LogP contribution in [0.5, 0.6) is 0 Å². The molecule has 0 rings (SSSR count). The zero-order chi connectivity index (χ0) is 6.57. The Kier molecular flexibility index (Phi) is 3.65. The van der Waals surface area contributed by atoms with Crippen molar-refractivity contribution >= 4 is 28.6 Å². The average molecular weight is 155 g/mol. The summed E-state index contributed by atoms with van der Waals surface area (Å²) in [6.45, 7) is 1.57. The average Bonchev–Trinajstić information content (AvgIpc) is 1.61. The zero-order valence-electron chi connectivity index (χ0n) is 4.15. The fourth-order valence-corrected chi connectivity index (χ4v) is 0.217. The van der Waals surface area contributed by atoms with Crippen molar-refractivity contribution in [2.75, 3.05) is 0 Å². The molecule has 0 bridgehead atoms. The van der Waals surface area contributed by atoms with Gasteiger partial charge in [0.25, 0.3) is 0 Å². The molecule has 0 aliphatic heterocycles. The van der Waals surface area contributed by atoms with Crippen LogP contribution in [0.15, 0.2) is 11.3 Å². The molecule has 0 fully saturated rings. The van der Waals surface area contributed by atoms with Gasteiger partial charge in [0, 0.05) is 11.6 Å². The minimum atomic E-state index is -0.884. The number of ether oxygens (including phenoxy) is 1. The number of halogens is 2. The Hall–Kier alpha value is -0.210. The third kappa shape index (κ3) is 5.79. The van der Waals surface area contributed by atoms with Gasteiger partial charge in [-0.3, -0.25) is 0 Å². The molecule has 0 aliphatic rings. The van der Waals surface area contributed by atoms with E-state index in [9.17, 15) is 4.79 Å². The van der Waals surface area contributed by atoms with Gasteiger partial charge < -0.3 is 4.74 Å². The second-order valence-corrected chi connectivity index (χ2v) is 1.96. The minimum absolute atomic E-state index is 0.374. The minimum Gasteiger partial charge on any atom is -0.421 e. The molecule has 0 heterocycles. The quantitative estimate of drug-likeness (QED) is 0.429. The normalized spacial score (nSPS) is 11.1. The van der Waals surface area contributed by atoms with Crippen LogP contribution in [0.3, 0.4) is 0 Å². The first-order valence-electron chi connectivity index (χ1n) is 1.81. The summed E-state index contributed by atoms with van der Waals surface area (Å²) in [5, 5.41) is 0.374. The molecule has 0 radical (unpaired) electrons. The van der Waals surface area contributed by atoms with E-state index in [4.69, 9.17) is 23.2 Å². The lowest BCUT2D eigenvalue weighted by Crippen LogP contribution is -1.82. The largest absolute Gasteiger partial charge is 0.421 e. The van der Waals surface area contributed by atoms with E-state index in [1.165, 1.54) is 0 Å². The van der Waals surface area contributed by atoms with Gasteiger partial charge in [-0.15, -0.1) is 0 Å². The molecule has 0 aromatic rings. The molecule has 0 spiro atoms. The molecule has 0 unspecified atom stereocenters. The first-order valence-corrected chi connectivity index (χ1v) is 2.57. The lowest BCUT2D eigenvalue weighted by molar-refractivity contribution is 0.212. The zero-order valence-corrected chi connectivity index (χ0v) is 5.66. The number of hydrogen-bond acceptors (Lipinski definition) is 2. The molecule has 0 atom stereocenters. The number of hydrogen-bond donors (Lipinski definition) is 0. The van der Waals surface area contributed by atoms with Crippen LogP contribution < -0.4 is 0 Å². The molecule has 0 saturated carbocycles. The van der Waals surface area contributed by atoms with Crippen LogP contribution in [0.25, 0.3) is 0 Å². The Labute approximate surface area is 57.0 Å². The monoisotopic (exact) mass is 154 g/mol. The lowest BCUT2D eigenvalue weighted by atomic mass is 10.7. The maximum Gasteiger partial charge on any atom is 0.408 e. The van der Waals surface area contributed by atoms with E-state index in [0.717, 1.165) is 6.26 Å². The molecule has 4 heteroatoms. The highest BCUT2D eigenvalue weighted by Gasteiger charge is 1.88. The van der Waals surface area contributed by atoms with Crippen LogP contribution in [-0.2, 0) is 4.74 Å². The summed E-state index contributed by atoms with van der Waals surface area (Å²) in [5.74, 6) is 0. The van der Waals surface area contributed by atoms with Crippen LogP contribution in [-0.4, -0.2) is 5.43 Å². The molecular formula is C4H4Cl2O2. The van der Waals surface area contributed by atoms with Gasteiger partial charge in [-0.1, -0.05) is 11.6 Å². The van der Waals surface area contributed by atoms with Crippen LogP contribution in [0, 0.1) is 0 Å². The Balaban J connectivity index is 3.45. The molecular weight excluding hydrogens is 151 g/mol. The molecule has 8 heavy (non-hydrogen) atoms. The van der Waals surface area contributed by atoms with Crippen LogP contribution in [0.2, 0.25) is 0 Å². The SMILES string of the molecule is CC(Cl)=COC(=O)Cl. The van der Waals surface area contributed by atoms with E-state index >= 15 is 0 Å². The van der Waals surface area contributed by atoms with Gasteiger partial charge in [0.1, 0.15) is 6.26 Å². The molecule has 0 aromatic heterocycles. The van der Waals surface area contributed by atoms with Gasteiger partial charge in [-0.05, 0) is 6.92 Å². The summed E-state index contributed by atoms with van der Waals surface area (Å²) in [5.41, 5.74) is -0.884. The van der Waals surface area contributed by atoms with Crippen LogP contribution in [0.1, 0.15) is 6.92 Å². The number of carbonyl (C=O) groups excluding carboxylic acids is 1. The van der Waals surface area contributed by atoms with Crippen molar-refractivity contribution < 1.29 is 9.53 Å². The molecule has 0 aliphatic carbocycles. The fraction of sp³-hybridized carbons (Fsp3) is 0.250.